The number of ketones is 1. The Hall–Kier alpha value is -0.770. The molecular formula is C15H26O3S. The third-order valence-electron chi connectivity index (χ3n) is 2.31. The lowest BCUT2D eigenvalue weighted by atomic mass is 9.84. The fourth-order valence-corrected chi connectivity index (χ4v) is 2.04. The molecule has 0 bridgehead atoms. The second-order valence-electron chi connectivity index (χ2n) is 7.17. The van der Waals surface area contributed by atoms with Crippen molar-refractivity contribution in [2.45, 2.75) is 65.2 Å². The summed E-state index contributed by atoms with van der Waals surface area (Å²) in [4.78, 5) is 23.3. The van der Waals surface area contributed by atoms with Crippen LogP contribution in [-0.2, 0) is 14.3 Å². The normalized spacial score (nSPS) is 13.7. The van der Waals surface area contributed by atoms with Gasteiger partial charge in [0.05, 0.1) is 4.75 Å². The van der Waals surface area contributed by atoms with E-state index in [1.807, 2.05) is 13.8 Å². The summed E-state index contributed by atoms with van der Waals surface area (Å²) in [6.45, 7) is 13.4. The smallest absolute Gasteiger partial charge is 0.331 e. The zero-order chi connectivity index (χ0) is 15.5. The van der Waals surface area contributed by atoms with Crippen molar-refractivity contribution in [2.75, 3.05) is 0 Å². The van der Waals surface area contributed by atoms with Gasteiger partial charge in [0.25, 0.3) is 0 Å². The summed E-state index contributed by atoms with van der Waals surface area (Å²) in [6, 6.07) is 0. The van der Waals surface area contributed by atoms with Gasteiger partial charge in [-0.05, 0) is 45.6 Å². The number of carbonyl (C=O) groups is 2. The summed E-state index contributed by atoms with van der Waals surface area (Å²) in [5, 5.41) is 0. The van der Waals surface area contributed by atoms with Gasteiger partial charge in [0.2, 0.25) is 0 Å². The Labute approximate surface area is 122 Å². The lowest BCUT2D eigenvalue weighted by Crippen LogP contribution is -2.32. The van der Waals surface area contributed by atoms with Crippen LogP contribution in [0.1, 0.15) is 54.9 Å². The molecule has 0 aromatic carbocycles. The fourth-order valence-electron chi connectivity index (χ4n) is 1.97. The Balaban J connectivity index is 4.55. The highest BCUT2D eigenvalue weighted by atomic mass is 32.1. The zero-order valence-electron chi connectivity index (χ0n) is 13.0. The van der Waals surface area contributed by atoms with Crippen LogP contribution in [0.3, 0.4) is 0 Å². The number of hydrogen-bond donors (Lipinski definition) is 1. The predicted molar refractivity (Wildman–Crippen MR) is 81.5 cm³/mol. The number of hydrogen-bond acceptors (Lipinski definition) is 4. The van der Waals surface area contributed by atoms with Crippen LogP contribution in [0.25, 0.3) is 0 Å². The van der Waals surface area contributed by atoms with Gasteiger partial charge in [0.15, 0.2) is 5.78 Å². The fraction of sp³-hybridized carbons (Fsp3) is 0.733. The van der Waals surface area contributed by atoms with Crippen LogP contribution < -0.4 is 0 Å². The summed E-state index contributed by atoms with van der Waals surface area (Å²) < 4.78 is 4.59. The minimum Gasteiger partial charge on any atom is -0.456 e. The third-order valence-corrected chi connectivity index (χ3v) is 2.53. The summed E-state index contributed by atoms with van der Waals surface area (Å²) in [6.07, 6.45) is 3.14. The Morgan fingerprint density at radius 1 is 1.00 bits per heavy atom. The largest absolute Gasteiger partial charge is 0.456 e. The molecule has 0 spiro atoms. The molecule has 3 nitrogen and oxygen atoms in total. The van der Waals surface area contributed by atoms with E-state index in [2.05, 4.69) is 33.4 Å². The van der Waals surface area contributed by atoms with E-state index in [9.17, 15) is 9.59 Å². The van der Waals surface area contributed by atoms with Gasteiger partial charge in [-0.15, -0.1) is 0 Å². The monoisotopic (exact) mass is 286 g/mol. The third kappa shape index (κ3) is 8.87. The highest BCUT2D eigenvalue weighted by Crippen LogP contribution is 2.29. The number of rotatable bonds is 5. The average molecular weight is 286 g/mol. The van der Waals surface area contributed by atoms with Gasteiger partial charge < -0.3 is 4.74 Å². The maximum atomic E-state index is 11.7. The second-order valence-corrected chi connectivity index (χ2v) is 8.29. The van der Waals surface area contributed by atoms with Crippen LogP contribution in [0, 0.1) is 5.41 Å². The standard InChI is InChI=1S/C15H26O3S/c1-13(2,3)10-14(4,5)18-12(17)9-8-11(16)15(6,7)19/h8-9,19H,10H2,1-7H3/b9-8-. The van der Waals surface area contributed by atoms with E-state index < -0.39 is 16.3 Å². The van der Waals surface area contributed by atoms with E-state index in [1.54, 1.807) is 13.8 Å². The predicted octanol–water partition coefficient (Wildman–Crippen LogP) is 3.58. The molecule has 0 aliphatic heterocycles. The Morgan fingerprint density at radius 3 is 1.84 bits per heavy atom. The SMILES string of the molecule is CC(C)(C)CC(C)(C)OC(=O)/C=C\C(=O)C(C)(C)S. The summed E-state index contributed by atoms with van der Waals surface area (Å²) in [5.41, 5.74) is -0.490. The van der Waals surface area contributed by atoms with Crippen molar-refractivity contribution in [1.29, 1.82) is 0 Å². The summed E-state index contributed by atoms with van der Waals surface area (Å²) >= 11 is 4.14. The first-order valence-electron chi connectivity index (χ1n) is 6.41. The highest BCUT2D eigenvalue weighted by Gasteiger charge is 2.28. The Morgan fingerprint density at radius 2 is 1.47 bits per heavy atom. The number of carbonyl (C=O) groups excluding carboxylic acids is 2. The van der Waals surface area contributed by atoms with E-state index in [4.69, 9.17) is 4.74 Å². The van der Waals surface area contributed by atoms with E-state index in [1.165, 1.54) is 12.2 Å². The molecule has 0 saturated heterocycles. The van der Waals surface area contributed by atoms with Crippen LogP contribution in [0.4, 0.5) is 0 Å². The van der Waals surface area contributed by atoms with Gasteiger partial charge in [0.1, 0.15) is 5.60 Å². The maximum Gasteiger partial charge on any atom is 0.331 e. The number of thiol groups is 1. The molecule has 0 radical (unpaired) electrons. The van der Waals surface area contributed by atoms with Crippen LogP contribution >= 0.6 is 12.6 Å². The van der Waals surface area contributed by atoms with E-state index >= 15 is 0 Å². The molecule has 0 aliphatic rings. The summed E-state index contributed by atoms with van der Waals surface area (Å²) in [7, 11) is 0. The Bertz CT molecular complexity index is 368. The van der Waals surface area contributed by atoms with Gasteiger partial charge >= 0.3 is 5.97 Å². The Kier molecular flexibility index (Phi) is 5.87. The molecule has 0 heterocycles. The minimum absolute atomic E-state index is 0.0659. The molecule has 110 valence electrons. The van der Waals surface area contributed by atoms with Gasteiger partial charge in [-0.1, -0.05) is 20.8 Å². The summed E-state index contributed by atoms with van der Waals surface area (Å²) in [5.74, 6) is -0.721. The average Bonchev–Trinajstić information content (AvgIpc) is 2.07. The van der Waals surface area contributed by atoms with Crippen LogP contribution in [-0.4, -0.2) is 22.1 Å². The first kappa shape index (κ1) is 18.2. The van der Waals surface area contributed by atoms with Crippen molar-refractivity contribution >= 4 is 24.4 Å². The van der Waals surface area contributed by atoms with Crippen LogP contribution in [0.2, 0.25) is 0 Å². The first-order chi connectivity index (χ1) is 8.23. The van der Waals surface area contributed by atoms with E-state index in [-0.39, 0.29) is 11.2 Å². The maximum absolute atomic E-state index is 11.7. The van der Waals surface area contributed by atoms with Gasteiger partial charge in [0, 0.05) is 6.08 Å². The van der Waals surface area contributed by atoms with Crippen molar-refractivity contribution in [2.24, 2.45) is 5.41 Å². The number of ether oxygens (including phenoxy) is 1. The number of allylic oxidation sites excluding steroid dienone is 1. The molecule has 0 saturated carbocycles. The van der Waals surface area contributed by atoms with Gasteiger partial charge in [-0.3, -0.25) is 4.79 Å². The molecule has 4 heteroatoms. The molecule has 0 rings (SSSR count). The van der Waals surface area contributed by atoms with Crippen molar-refractivity contribution in [3.63, 3.8) is 0 Å². The van der Waals surface area contributed by atoms with Crippen molar-refractivity contribution in [3.8, 4) is 0 Å². The molecule has 19 heavy (non-hydrogen) atoms. The molecule has 0 N–H and O–H groups in total. The van der Waals surface area contributed by atoms with E-state index in [0.29, 0.717) is 0 Å². The molecule has 0 aromatic heterocycles. The lowest BCUT2D eigenvalue weighted by Gasteiger charge is -2.31. The molecule has 0 aromatic rings. The minimum atomic E-state index is -0.780. The lowest BCUT2D eigenvalue weighted by molar-refractivity contribution is -0.152. The quantitative estimate of drug-likeness (QED) is 0.477. The van der Waals surface area contributed by atoms with E-state index in [0.717, 1.165) is 6.42 Å². The highest BCUT2D eigenvalue weighted by molar-refractivity contribution is 7.82. The van der Waals surface area contributed by atoms with Crippen molar-refractivity contribution in [3.05, 3.63) is 12.2 Å². The zero-order valence-corrected chi connectivity index (χ0v) is 13.9. The van der Waals surface area contributed by atoms with Gasteiger partial charge in [-0.25, -0.2) is 4.79 Å². The van der Waals surface area contributed by atoms with Crippen molar-refractivity contribution in [1.82, 2.24) is 0 Å². The molecule has 0 atom stereocenters. The van der Waals surface area contributed by atoms with Crippen LogP contribution in [0.15, 0.2) is 12.2 Å². The number of esters is 1. The molecule has 0 unspecified atom stereocenters. The first-order valence-corrected chi connectivity index (χ1v) is 6.86. The molecule has 0 fully saturated rings. The molecule has 0 aliphatic carbocycles. The molecule has 0 amide bonds. The second kappa shape index (κ2) is 6.12. The van der Waals surface area contributed by atoms with Crippen LogP contribution in [0.5, 0.6) is 0 Å². The topological polar surface area (TPSA) is 43.4 Å². The van der Waals surface area contributed by atoms with Crippen molar-refractivity contribution < 1.29 is 14.3 Å². The molecular weight excluding hydrogens is 260 g/mol. The van der Waals surface area contributed by atoms with Gasteiger partial charge in [-0.2, -0.15) is 12.6 Å².